The number of aldehydes is 1. The Balaban J connectivity index is 1.43. The van der Waals surface area contributed by atoms with Crippen LogP contribution in [-0.4, -0.2) is 108 Å². The summed E-state index contributed by atoms with van der Waals surface area (Å²) in [7, 11) is 1.49. The van der Waals surface area contributed by atoms with E-state index >= 15 is 4.79 Å². The Morgan fingerprint density at radius 2 is 1.69 bits per heavy atom. The number of fused-ring (bicyclic) bond motifs is 2. The number of carbonyl (C=O) groups is 2. The third-order valence-corrected chi connectivity index (χ3v) is 13.4. The van der Waals surface area contributed by atoms with Crippen LogP contribution < -0.4 is 14.2 Å². The second-order valence-electron chi connectivity index (χ2n) is 17.7. The molecule has 0 bridgehead atoms. The van der Waals surface area contributed by atoms with Gasteiger partial charge in [-0.15, -0.1) is 6.58 Å². The number of nitro benzene ring substituents is 1. The highest BCUT2D eigenvalue weighted by Crippen LogP contribution is 2.62. The van der Waals surface area contributed by atoms with E-state index in [1.165, 1.54) is 25.3 Å². The smallest absolute Gasteiger partial charge is 0.269 e. The molecule has 4 aromatic rings. The maximum atomic E-state index is 15.0. The van der Waals surface area contributed by atoms with E-state index in [0.29, 0.717) is 71.8 Å². The number of rotatable bonds is 27. The van der Waals surface area contributed by atoms with Crippen molar-refractivity contribution in [2.45, 2.75) is 69.3 Å². The first-order valence-electron chi connectivity index (χ1n) is 24.2. The van der Waals surface area contributed by atoms with Crippen molar-refractivity contribution in [3.05, 3.63) is 154 Å². The highest BCUT2D eigenvalue weighted by atomic mass is 16.7. The molecular formula is C55H63N3O13. The Morgan fingerprint density at radius 3 is 2.39 bits per heavy atom. The van der Waals surface area contributed by atoms with E-state index in [4.69, 9.17) is 33.7 Å². The quantitative estimate of drug-likeness (QED) is 0.0128. The molecule has 1 heterocycles. The minimum atomic E-state index is -1.59. The van der Waals surface area contributed by atoms with Gasteiger partial charge in [-0.25, -0.2) is 0 Å². The number of aliphatic hydroxyl groups is 3. The summed E-state index contributed by atoms with van der Waals surface area (Å²) in [6, 6.07) is 25.2. The van der Waals surface area contributed by atoms with Crippen molar-refractivity contribution in [2.24, 2.45) is 22.9 Å². The van der Waals surface area contributed by atoms with Gasteiger partial charge in [0.25, 0.3) is 5.69 Å². The van der Waals surface area contributed by atoms with E-state index in [1.54, 1.807) is 53.5 Å². The molecule has 71 heavy (non-hydrogen) atoms. The largest absolute Gasteiger partial charge is 0.496 e. The molecule has 2 aliphatic carbocycles. The van der Waals surface area contributed by atoms with Crippen molar-refractivity contribution in [1.82, 2.24) is 4.90 Å². The van der Waals surface area contributed by atoms with Gasteiger partial charge >= 0.3 is 0 Å². The van der Waals surface area contributed by atoms with Crippen LogP contribution in [0.4, 0.5) is 5.69 Å². The van der Waals surface area contributed by atoms with Gasteiger partial charge in [0.2, 0.25) is 11.7 Å². The molecule has 16 nitrogen and oxygen atoms in total. The zero-order valence-electron chi connectivity index (χ0n) is 40.0. The number of amides is 1. The van der Waals surface area contributed by atoms with E-state index in [0.717, 1.165) is 29.5 Å². The highest BCUT2D eigenvalue weighted by molar-refractivity contribution is 6.03. The number of hydrogen-bond acceptors (Lipinski definition) is 14. The summed E-state index contributed by atoms with van der Waals surface area (Å²) in [6.07, 6.45) is 11.8. The molecule has 4 aromatic carbocycles. The van der Waals surface area contributed by atoms with Gasteiger partial charge in [0, 0.05) is 55.9 Å². The highest BCUT2D eigenvalue weighted by Gasteiger charge is 2.65. The average Bonchev–Trinajstić information content (AvgIpc) is 3.39. The molecule has 1 amide bonds. The van der Waals surface area contributed by atoms with Gasteiger partial charge < -0.3 is 48.7 Å². The lowest BCUT2D eigenvalue weighted by Gasteiger charge is -2.60. The van der Waals surface area contributed by atoms with Gasteiger partial charge in [0.05, 0.1) is 55.7 Å². The number of nitro groups is 1. The van der Waals surface area contributed by atoms with E-state index in [1.807, 2.05) is 42.5 Å². The van der Waals surface area contributed by atoms with E-state index in [2.05, 4.69) is 12.7 Å². The molecule has 0 saturated heterocycles. The Kier molecular flexibility index (Phi) is 18.7. The summed E-state index contributed by atoms with van der Waals surface area (Å²) >= 11 is 0. The number of carbonyl (C=O) groups excluding carboxylic acids is 2. The molecule has 1 aliphatic heterocycles. The summed E-state index contributed by atoms with van der Waals surface area (Å²) in [5.41, 5.74) is 3.96. The second-order valence-corrected chi connectivity index (χ2v) is 17.7. The van der Waals surface area contributed by atoms with E-state index in [9.17, 15) is 30.2 Å². The number of methoxy groups -OCH3 is 1. The zero-order chi connectivity index (χ0) is 50.2. The summed E-state index contributed by atoms with van der Waals surface area (Å²) in [6.45, 7) is 4.19. The zero-order valence-corrected chi connectivity index (χ0v) is 40.0. The molecule has 0 radical (unpaired) electrons. The third-order valence-electron chi connectivity index (χ3n) is 13.4. The molecule has 1 saturated carbocycles. The molecule has 0 aromatic heterocycles. The molecule has 3 N–H and O–H groups in total. The lowest BCUT2D eigenvalue weighted by atomic mass is 9.55. The van der Waals surface area contributed by atoms with Gasteiger partial charge in [-0.2, -0.15) is 0 Å². The van der Waals surface area contributed by atoms with Crippen LogP contribution in [-0.2, 0) is 25.7 Å². The average molecular weight is 974 g/mol. The van der Waals surface area contributed by atoms with Crippen LogP contribution in [0.2, 0.25) is 0 Å². The number of ether oxygens (including phenoxy) is 5. The fraction of sp³-hybridized carbons (Fsp3) is 0.400. The van der Waals surface area contributed by atoms with Gasteiger partial charge in [-0.3, -0.25) is 19.7 Å². The topological polar surface area (TPSA) is 209 Å². The summed E-state index contributed by atoms with van der Waals surface area (Å²) in [5.74, 6) is -1.32. The number of oxime groups is 1. The maximum Gasteiger partial charge on any atom is 0.269 e. The normalized spacial score (nSPS) is 21.6. The molecule has 6 atom stereocenters. The van der Waals surface area contributed by atoms with Crippen LogP contribution in [0.15, 0.2) is 127 Å². The van der Waals surface area contributed by atoms with Crippen molar-refractivity contribution >= 4 is 29.7 Å². The number of benzene rings is 4. The summed E-state index contributed by atoms with van der Waals surface area (Å²) < 4.78 is 32.2. The second kappa shape index (κ2) is 25.4. The van der Waals surface area contributed by atoms with Crippen molar-refractivity contribution in [1.29, 1.82) is 0 Å². The molecule has 16 heteroatoms. The first kappa shape index (κ1) is 52.1. The Morgan fingerprint density at radius 1 is 0.944 bits per heavy atom. The Hall–Kier alpha value is -6.69. The van der Waals surface area contributed by atoms with Crippen LogP contribution in [0.3, 0.4) is 0 Å². The number of aliphatic hydroxyl groups excluding tert-OH is 3. The summed E-state index contributed by atoms with van der Waals surface area (Å²) in [4.78, 5) is 45.8. The van der Waals surface area contributed by atoms with E-state index in [-0.39, 0.29) is 82.7 Å². The van der Waals surface area contributed by atoms with Crippen LogP contribution in [0, 0.1) is 27.9 Å². The Bertz CT molecular complexity index is 2530. The first-order chi connectivity index (χ1) is 34.7. The minimum absolute atomic E-state index is 0.0201. The standard InChI is InChI=1S/C55H63N3O13/c1-3-29-68-55-51(57(25-30-67-31-28-61)52(63)24-17-38-15-18-42(19-16-38)58(64)65)35-48(56-69-37-39-11-5-4-6-12-39)46-33-40(13-7-9-26-59)45(14-8-10-27-60)53(54(46)55)47-34-44(21-23-50(47)71-55)70-43-20-22-49(66-2)41(32-43)36-62/h3-6,11-12,15-24,32-34,36,40,45,51,53-54,59-61H,1,7-10,13-14,25-31,35,37H2,2H3/t40-,45+,51-,53+,54+,55+/m0/s1. The lowest BCUT2D eigenvalue weighted by Crippen LogP contribution is -2.70. The minimum Gasteiger partial charge on any atom is -0.496 e. The Labute approximate surface area is 413 Å². The number of nitrogens with zero attached hydrogens (tertiary/aromatic N) is 3. The molecule has 1 fully saturated rings. The van der Waals surface area contributed by atoms with Gasteiger partial charge in [-0.05, 0) is 109 Å². The predicted octanol–water partition coefficient (Wildman–Crippen LogP) is 8.59. The van der Waals surface area contributed by atoms with Crippen LogP contribution in [0.25, 0.3) is 6.08 Å². The van der Waals surface area contributed by atoms with Crippen LogP contribution in [0.1, 0.15) is 77.9 Å². The number of unbranched alkanes of at least 4 members (excludes halogenated alkanes) is 2. The maximum absolute atomic E-state index is 15.0. The molecule has 0 spiro atoms. The number of hydrogen-bond donors (Lipinski definition) is 3. The van der Waals surface area contributed by atoms with E-state index < -0.39 is 28.6 Å². The molecule has 3 aliphatic rings. The van der Waals surface area contributed by atoms with Crippen molar-refractivity contribution in [2.75, 3.05) is 53.3 Å². The predicted molar refractivity (Wildman–Crippen MR) is 266 cm³/mol. The van der Waals surface area contributed by atoms with Crippen LogP contribution >= 0.6 is 0 Å². The third kappa shape index (κ3) is 12.4. The number of allylic oxidation sites excluding steroid dienone is 1. The molecule has 7 rings (SSSR count). The fourth-order valence-corrected chi connectivity index (χ4v) is 10.2. The fourth-order valence-electron chi connectivity index (χ4n) is 10.2. The molecule has 376 valence electrons. The van der Waals surface area contributed by atoms with Gasteiger partial charge in [0.1, 0.15) is 35.6 Å². The SMILES string of the molecule is C=CCO[C@@]12Oc3ccc(Oc4ccc(OC)c(C=O)c4)cc3[C@H]3[C@H](CCCCO)[C@@H](CCCCO)C=C(C(=NOCc4ccccc4)C[C@@H]1N(CCOCCO)C(=O)C=Cc1ccc([N+](=O)[O-])cc1)[C@H]32. The monoisotopic (exact) mass is 973 g/mol. The lowest BCUT2D eigenvalue weighted by molar-refractivity contribution is -0.384. The van der Waals surface area contributed by atoms with Crippen LogP contribution in [0.5, 0.6) is 23.0 Å². The van der Waals surface area contributed by atoms with Crippen molar-refractivity contribution in [3.63, 3.8) is 0 Å². The van der Waals surface area contributed by atoms with Gasteiger partial charge in [0.15, 0.2) is 6.29 Å². The van der Waals surface area contributed by atoms with Gasteiger partial charge in [-0.1, -0.05) is 60.5 Å². The van der Waals surface area contributed by atoms with Crippen molar-refractivity contribution < 1.29 is 58.4 Å². The molecular weight excluding hydrogens is 911 g/mol. The molecule has 0 unspecified atom stereocenters. The van der Waals surface area contributed by atoms with Crippen molar-refractivity contribution in [3.8, 4) is 23.0 Å². The summed E-state index contributed by atoms with van der Waals surface area (Å²) in [5, 5.41) is 46.1. The number of non-ortho nitro benzene ring substituents is 1. The first-order valence-corrected chi connectivity index (χ1v) is 24.2.